The summed E-state index contributed by atoms with van der Waals surface area (Å²) in [5.41, 5.74) is 0.788. The molecule has 0 aliphatic rings. The molecule has 0 aromatic carbocycles. The number of hydrogen-bond acceptors (Lipinski definition) is 1. The number of H-pyrrole nitrogens is 1. The third-order valence-corrected chi connectivity index (χ3v) is 1.42. The zero-order valence-electron chi connectivity index (χ0n) is 8.42. The summed E-state index contributed by atoms with van der Waals surface area (Å²) in [6, 6.07) is 3.51. The Morgan fingerprint density at radius 3 is 2.31 bits per heavy atom. The molecule has 0 unspecified atom stereocenters. The molecule has 71 valence electrons. The van der Waals surface area contributed by atoms with Crippen LogP contribution in [0.25, 0.3) is 0 Å². The third-order valence-electron chi connectivity index (χ3n) is 1.42. The molecule has 0 aliphatic heterocycles. The van der Waals surface area contributed by atoms with Crippen molar-refractivity contribution in [3.63, 3.8) is 0 Å². The van der Waals surface area contributed by atoms with Gasteiger partial charge < -0.3 is 16.7 Å². The van der Waals surface area contributed by atoms with Crippen molar-refractivity contribution in [3.05, 3.63) is 41.2 Å². The van der Waals surface area contributed by atoms with Crippen LogP contribution in [0.15, 0.2) is 16.9 Å². The van der Waals surface area contributed by atoms with Crippen LogP contribution < -0.4 is 5.56 Å². The monoisotopic (exact) mass is 254 g/mol. The number of rotatable bonds is 1. The minimum Gasteiger partial charge on any atom is -0.437 e. The zero-order chi connectivity index (χ0) is 9.56. The predicted octanol–water partition coefficient (Wildman–Crippen LogP) is 2.14. The van der Waals surface area contributed by atoms with Gasteiger partial charge in [-0.1, -0.05) is 19.4 Å². The Morgan fingerprint density at radius 1 is 1.46 bits per heavy atom. The van der Waals surface area contributed by atoms with E-state index in [9.17, 15) is 4.79 Å². The summed E-state index contributed by atoms with van der Waals surface area (Å²) >= 11 is 0. The van der Waals surface area contributed by atoms with Gasteiger partial charge in [-0.3, -0.25) is 0 Å². The van der Waals surface area contributed by atoms with Crippen molar-refractivity contribution in [1.29, 1.82) is 0 Å². The van der Waals surface area contributed by atoms with Gasteiger partial charge in [0.05, 0.1) is 0 Å². The second-order valence-corrected chi connectivity index (χ2v) is 2.54. The molecule has 1 aromatic heterocycles. The van der Waals surface area contributed by atoms with Gasteiger partial charge >= 0.3 is 0 Å². The van der Waals surface area contributed by atoms with Gasteiger partial charge in [-0.2, -0.15) is 19.1 Å². The molecule has 1 heterocycles. The molecule has 13 heavy (non-hydrogen) atoms. The van der Waals surface area contributed by atoms with Crippen molar-refractivity contribution in [1.82, 2.24) is 4.98 Å². The van der Waals surface area contributed by atoms with E-state index < -0.39 is 0 Å². The predicted molar refractivity (Wildman–Crippen MR) is 51.0 cm³/mol. The minimum atomic E-state index is -0.0301. The first-order valence-electron chi connectivity index (χ1n) is 4.02. The van der Waals surface area contributed by atoms with Crippen LogP contribution in [0.2, 0.25) is 0 Å². The number of aromatic nitrogens is 1. The summed E-state index contributed by atoms with van der Waals surface area (Å²) in [6.07, 6.45) is 2.62. The Morgan fingerprint density at radius 2 is 2.00 bits per heavy atom. The molecular weight excluding hydrogens is 239 g/mol. The number of nitrogens with one attached hydrogen (secondary N) is 1. The SMILES string of the molecule is CC(C)c1cc[c-][nH]c1=O.[CH2-]C.[Y]. The van der Waals surface area contributed by atoms with Gasteiger partial charge in [0, 0.05) is 32.7 Å². The fourth-order valence-electron chi connectivity index (χ4n) is 0.841. The van der Waals surface area contributed by atoms with Crippen molar-refractivity contribution >= 4 is 0 Å². The standard InChI is InChI=1S/C8H10NO.C2H5.Y/c1-6(2)7-4-3-5-9-8(7)10;1-2;/h3-4,6H,1-2H3,(H,9,10);1H2,2H3;/q2*-1;. The molecule has 2 nitrogen and oxygen atoms in total. The van der Waals surface area contributed by atoms with Crippen LogP contribution in [0.3, 0.4) is 0 Å². The summed E-state index contributed by atoms with van der Waals surface area (Å²) in [5, 5.41) is 0. The Balaban J connectivity index is 0. The second-order valence-electron chi connectivity index (χ2n) is 2.54. The summed E-state index contributed by atoms with van der Waals surface area (Å²) < 4.78 is 0. The van der Waals surface area contributed by atoms with E-state index in [2.05, 4.69) is 18.1 Å². The quantitative estimate of drug-likeness (QED) is 0.765. The summed E-state index contributed by atoms with van der Waals surface area (Å²) in [5.74, 6) is 0.290. The fraction of sp³-hybridized carbons (Fsp3) is 0.400. The molecule has 1 radical (unpaired) electrons. The molecule has 0 atom stereocenters. The van der Waals surface area contributed by atoms with Gasteiger partial charge in [-0.15, -0.1) is 6.20 Å². The average molecular weight is 254 g/mol. The Bertz CT molecular complexity index is 268. The Kier molecular flexibility index (Phi) is 10.3. The Labute approximate surface area is 105 Å². The molecular formula is C10H15NOY-2. The number of pyridine rings is 1. The van der Waals surface area contributed by atoms with E-state index in [1.807, 2.05) is 13.8 Å². The van der Waals surface area contributed by atoms with Gasteiger partial charge in [-0.05, 0) is 5.92 Å². The molecule has 1 aromatic rings. The first-order chi connectivity index (χ1) is 5.72. The molecule has 0 aliphatic carbocycles. The van der Waals surface area contributed by atoms with E-state index >= 15 is 0 Å². The Hall–Kier alpha value is 0.0539. The van der Waals surface area contributed by atoms with Crippen molar-refractivity contribution in [2.24, 2.45) is 0 Å². The maximum atomic E-state index is 11.0. The van der Waals surface area contributed by atoms with Crippen molar-refractivity contribution in [2.75, 3.05) is 0 Å². The molecule has 1 rings (SSSR count). The van der Waals surface area contributed by atoms with E-state index in [1.54, 1.807) is 19.1 Å². The molecule has 3 heteroatoms. The van der Waals surface area contributed by atoms with Crippen LogP contribution >= 0.6 is 0 Å². The molecule has 0 amide bonds. The second kappa shape index (κ2) is 8.64. The topological polar surface area (TPSA) is 32.9 Å². The maximum absolute atomic E-state index is 11.0. The van der Waals surface area contributed by atoms with E-state index in [0.29, 0.717) is 5.92 Å². The van der Waals surface area contributed by atoms with E-state index in [4.69, 9.17) is 0 Å². The molecule has 0 saturated heterocycles. The van der Waals surface area contributed by atoms with Crippen LogP contribution in [0, 0.1) is 13.1 Å². The van der Waals surface area contributed by atoms with Crippen LogP contribution in [0.1, 0.15) is 32.3 Å². The first-order valence-corrected chi connectivity index (χ1v) is 4.02. The van der Waals surface area contributed by atoms with Gasteiger partial charge in [0.25, 0.3) is 0 Å². The molecule has 0 fully saturated rings. The van der Waals surface area contributed by atoms with E-state index in [0.717, 1.165) is 5.56 Å². The van der Waals surface area contributed by atoms with Crippen molar-refractivity contribution in [3.8, 4) is 0 Å². The number of aromatic amines is 1. The third kappa shape index (κ3) is 5.38. The van der Waals surface area contributed by atoms with E-state index in [1.165, 1.54) is 0 Å². The van der Waals surface area contributed by atoms with Crippen LogP contribution in [0.4, 0.5) is 0 Å². The van der Waals surface area contributed by atoms with Crippen LogP contribution in [0.5, 0.6) is 0 Å². The first kappa shape index (κ1) is 15.5. The largest absolute Gasteiger partial charge is 0.437 e. The molecule has 1 N–H and O–H groups in total. The van der Waals surface area contributed by atoms with Crippen molar-refractivity contribution < 1.29 is 32.7 Å². The van der Waals surface area contributed by atoms with Crippen molar-refractivity contribution in [2.45, 2.75) is 26.7 Å². The summed E-state index contributed by atoms with van der Waals surface area (Å²) in [4.78, 5) is 13.5. The number of hydrogen-bond donors (Lipinski definition) is 1. The minimum absolute atomic E-state index is 0. The summed E-state index contributed by atoms with van der Waals surface area (Å²) in [7, 11) is 0. The van der Waals surface area contributed by atoms with Gasteiger partial charge in [0.15, 0.2) is 0 Å². The average Bonchev–Trinajstić information content (AvgIpc) is 2.08. The van der Waals surface area contributed by atoms with Gasteiger partial charge in [-0.25, -0.2) is 0 Å². The van der Waals surface area contributed by atoms with Gasteiger partial charge in [0.1, 0.15) is 5.56 Å². The maximum Gasteiger partial charge on any atom is 0.136 e. The van der Waals surface area contributed by atoms with Gasteiger partial charge in [0.2, 0.25) is 0 Å². The molecule has 0 bridgehead atoms. The van der Waals surface area contributed by atoms with Crippen LogP contribution in [-0.2, 0) is 32.7 Å². The fourth-order valence-corrected chi connectivity index (χ4v) is 0.841. The zero-order valence-corrected chi connectivity index (χ0v) is 11.3. The summed E-state index contributed by atoms with van der Waals surface area (Å²) in [6.45, 7) is 8.98. The van der Waals surface area contributed by atoms with E-state index in [-0.39, 0.29) is 38.3 Å². The molecule has 0 spiro atoms. The normalized spacial score (nSPS) is 8.38. The smallest absolute Gasteiger partial charge is 0.136 e. The van der Waals surface area contributed by atoms with Crippen LogP contribution in [-0.4, -0.2) is 4.98 Å². The molecule has 0 saturated carbocycles.